The molecular formula is C18H19F3N2O5S. The van der Waals surface area contributed by atoms with Crippen LogP contribution in [-0.2, 0) is 21.0 Å². The minimum absolute atomic E-state index is 0.236. The summed E-state index contributed by atoms with van der Waals surface area (Å²) in [4.78, 5) is 11.4. The number of rotatable bonds is 7. The third-order valence-electron chi connectivity index (χ3n) is 3.87. The zero-order chi connectivity index (χ0) is 21.8. The molecule has 0 unspecified atom stereocenters. The highest BCUT2D eigenvalue weighted by atomic mass is 32.2. The van der Waals surface area contributed by atoms with E-state index in [4.69, 9.17) is 9.47 Å². The van der Waals surface area contributed by atoms with Gasteiger partial charge in [-0.2, -0.15) is 17.9 Å². The Morgan fingerprint density at radius 3 is 2.31 bits per heavy atom. The Morgan fingerprint density at radius 1 is 1.07 bits per heavy atom. The van der Waals surface area contributed by atoms with Crippen LogP contribution < -0.4 is 19.5 Å². The smallest absolute Gasteiger partial charge is 0.417 e. The van der Waals surface area contributed by atoms with Crippen molar-refractivity contribution in [3.8, 4) is 11.5 Å². The molecule has 0 aliphatic rings. The van der Waals surface area contributed by atoms with Gasteiger partial charge in [-0.25, -0.2) is 8.42 Å². The highest BCUT2D eigenvalue weighted by molar-refractivity contribution is 7.89. The normalized spacial score (nSPS) is 12.9. The van der Waals surface area contributed by atoms with Crippen molar-refractivity contribution in [2.75, 3.05) is 19.5 Å². The predicted molar refractivity (Wildman–Crippen MR) is 99.4 cm³/mol. The number of sulfonamides is 1. The second-order valence-corrected chi connectivity index (χ2v) is 7.57. The minimum atomic E-state index is -4.87. The molecule has 0 saturated heterocycles. The van der Waals surface area contributed by atoms with Gasteiger partial charge in [0, 0.05) is 6.07 Å². The van der Waals surface area contributed by atoms with Gasteiger partial charge in [0.1, 0.15) is 11.5 Å². The van der Waals surface area contributed by atoms with Crippen LogP contribution in [0.25, 0.3) is 0 Å². The van der Waals surface area contributed by atoms with Gasteiger partial charge in [-0.15, -0.1) is 0 Å². The number of amides is 1. The number of carbonyl (C=O) groups is 1. The topological polar surface area (TPSA) is 93.7 Å². The van der Waals surface area contributed by atoms with Gasteiger partial charge in [0.05, 0.1) is 36.4 Å². The maximum atomic E-state index is 13.1. The van der Waals surface area contributed by atoms with Gasteiger partial charge in [-0.3, -0.25) is 4.79 Å². The lowest BCUT2D eigenvalue weighted by molar-refractivity contribution is -0.139. The Labute approximate surface area is 165 Å². The van der Waals surface area contributed by atoms with Crippen LogP contribution in [0.1, 0.15) is 12.5 Å². The standard InChI is InChI=1S/C18H19F3N2O5S/c1-11(17(24)22-14-9-8-12(27-2)10-15(14)28-3)23-29(25,26)16-7-5-4-6-13(16)18(19,20)21/h4-11,23H,1-3H3,(H,22,24)/t11-/m0/s1. The van der Waals surface area contributed by atoms with E-state index in [0.717, 1.165) is 18.2 Å². The molecular weight excluding hydrogens is 413 g/mol. The minimum Gasteiger partial charge on any atom is -0.497 e. The fourth-order valence-electron chi connectivity index (χ4n) is 2.43. The van der Waals surface area contributed by atoms with Gasteiger partial charge in [-0.1, -0.05) is 12.1 Å². The van der Waals surface area contributed by atoms with Gasteiger partial charge in [0.2, 0.25) is 15.9 Å². The molecule has 0 aliphatic carbocycles. The molecule has 7 nitrogen and oxygen atoms in total. The van der Waals surface area contributed by atoms with Crippen molar-refractivity contribution in [1.29, 1.82) is 0 Å². The third-order valence-corrected chi connectivity index (χ3v) is 5.47. The molecule has 0 fully saturated rings. The summed E-state index contributed by atoms with van der Waals surface area (Å²) in [7, 11) is -1.81. The lowest BCUT2D eigenvalue weighted by Crippen LogP contribution is -2.42. The van der Waals surface area contributed by atoms with E-state index in [1.807, 2.05) is 4.72 Å². The first-order valence-corrected chi connectivity index (χ1v) is 9.69. The number of hydrogen-bond donors (Lipinski definition) is 2. The molecule has 0 saturated carbocycles. The number of alkyl halides is 3. The quantitative estimate of drug-likeness (QED) is 0.702. The van der Waals surface area contributed by atoms with Crippen LogP contribution in [-0.4, -0.2) is 34.6 Å². The van der Waals surface area contributed by atoms with E-state index in [9.17, 15) is 26.4 Å². The highest BCUT2D eigenvalue weighted by Gasteiger charge is 2.37. The second kappa shape index (κ2) is 8.70. The Kier molecular flexibility index (Phi) is 6.75. The van der Waals surface area contributed by atoms with Crippen LogP contribution in [0.4, 0.5) is 18.9 Å². The average molecular weight is 432 g/mol. The molecule has 0 radical (unpaired) electrons. The van der Waals surface area contributed by atoms with Crippen LogP contribution in [0.15, 0.2) is 47.4 Å². The first-order chi connectivity index (χ1) is 13.5. The van der Waals surface area contributed by atoms with E-state index in [0.29, 0.717) is 11.8 Å². The Morgan fingerprint density at radius 2 is 1.72 bits per heavy atom. The van der Waals surface area contributed by atoms with Crippen molar-refractivity contribution in [1.82, 2.24) is 4.72 Å². The fraction of sp³-hybridized carbons (Fsp3) is 0.278. The largest absolute Gasteiger partial charge is 0.497 e. The molecule has 1 atom stereocenters. The Bertz CT molecular complexity index is 993. The van der Waals surface area contributed by atoms with Crippen molar-refractivity contribution in [3.05, 3.63) is 48.0 Å². The lowest BCUT2D eigenvalue weighted by Gasteiger charge is -2.18. The SMILES string of the molecule is COc1ccc(NC(=O)[C@H](C)NS(=O)(=O)c2ccccc2C(F)(F)F)c(OC)c1. The molecule has 0 heterocycles. The third kappa shape index (κ3) is 5.39. The zero-order valence-corrected chi connectivity index (χ0v) is 16.5. The first-order valence-electron chi connectivity index (χ1n) is 8.21. The summed E-state index contributed by atoms with van der Waals surface area (Å²) in [6, 6.07) is 6.88. The predicted octanol–water partition coefficient (Wildman–Crippen LogP) is 3.03. The molecule has 0 bridgehead atoms. The average Bonchev–Trinajstić information content (AvgIpc) is 2.67. The molecule has 2 N–H and O–H groups in total. The van der Waals surface area contributed by atoms with E-state index in [1.54, 1.807) is 6.07 Å². The molecule has 2 aromatic rings. The number of anilines is 1. The van der Waals surface area contributed by atoms with Gasteiger partial charge >= 0.3 is 6.18 Å². The van der Waals surface area contributed by atoms with Gasteiger partial charge < -0.3 is 14.8 Å². The van der Waals surface area contributed by atoms with Crippen molar-refractivity contribution in [2.24, 2.45) is 0 Å². The number of carbonyl (C=O) groups excluding carboxylic acids is 1. The van der Waals surface area contributed by atoms with Crippen molar-refractivity contribution in [2.45, 2.75) is 24.0 Å². The second-order valence-electron chi connectivity index (χ2n) is 5.89. The summed E-state index contributed by atoms with van der Waals surface area (Å²) in [6.07, 6.45) is -4.87. The number of methoxy groups -OCH3 is 2. The molecule has 158 valence electrons. The summed E-state index contributed by atoms with van der Waals surface area (Å²) >= 11 is 0. The van der Waals surface area contributed by atoms with Crippen LogP contribution >= 0.6 is 0 Å². The van der Waals surface area contributed by atoms with Crippen LogP contribution in [0.5, 0.6) is 11.5 Å². The Balaban J connectivity index is 2.22. The van der Waals surface area contributed by atoms with E-state index in [-0.39, 0.29) is 11.4 Å². The summed E-state index contributed by atoms with van der Waals surface area (Å²) in [6.45, 7) is 1.21. The summed E-state index contributed by atoms with van der Waals surface area (Å²) < 4.78 is 76.4. The summed E-state index contributed by atoms with van der Waals surface area (Å²) in [5.41, 5.74) is -1.09. The van der Waals surface area contributed by atoms with E-state index in [1.165, 1.54) is 33.3 Å². The van der Waals surface area contributed by atoms with E-state index < -0.39 is 38.6 Å². The van der Waals surface area contributed by atoms with E-state index >= 15 is 0 Å². The highest BCUT2D eigenvalue weighted by Crippen LogP contribution is 2.34. The number of benzene rings is 2. The monoisotopic (exact) mass is 432 g/mol. The number of halogens is 3. The summed E-state index contributed by atoms with van der Waals surface area (Å²) in [5.74, 6) is -0.0611. The molecule has 29 heavy (non-hydrogen) atoms. The molecule has 0 aromatic heterocycles. The molecule has 0 spiro atoms. The van der Waals surface area contributed by atoms with Crippen LogP contribution in [0.3, 0.4) is 0 Å². The lowest BCUT2D eigenvalue weighted by atomic mass is 10.2. The molecule has 1 amide bonds. The van der Waals surface area contributed by atoms with Crippen molar-refractivity contribution in [3.63, 3.8) is 0 Å². The van der Waals surface area contributed by atoms with Crippen molar-refractivity contribution < 1.29 is 35.9 Å². The Hall–Kier alpha value is -2.79. The first kappa shape index (κ1) is 22.5. The van der Waals surface area contributed by atoms with E-state index in [2.05, 4.69) is 5.32 Å². The summed E-state index contributed by atoms with van der Waals surface area (Å²) in [5, 5.41) is 2.46. The number of nitrogens with one attached hydrogen (secondary N) is 2. The van der Waals surface area contributed by atoms with Crippen LogP contribution in [0, 0.1) is 0 Å². The zero-order valence-electron chi connectivity index (χ0n) is 15.7. The molecule has 2 aromatic carbocycles. The van der Waals surface area contributed by atoms with Gasteiger partial charge in [0.25, 0.3) is 0 Å². The fourth-order valence-corrected chi connectivity index (χ4v) is 3.86. The maximum absolute atomic E-state index is 13.1. The van der Waals surface area contributed by atoms with Crippen molar-refractivity contribution >= 4 is 21.6 Å². The number of ether oxygens (including phenoxy) is 2. The molecule has 2 rings (SSSR count). The van der Waals surface area contributed by atoms with Gasteiger partial charge in [-0.05, 0) is 31.2 Å². The van der Waals surface area contributed by atoms with Gasteiger partial charge in [0.15, 0.2) is 0 Å². The van der Waals surface area contributed by atoms with Crippen LogP contribution in [0.2, 0.25) is 0 Å². The number of hydrogen-bond acceptors (Lipinski definition) is 5. The maximum Gasteiger partial charge on any atom is 0.417 e. The molecule has 0 aliphatic heterocycles. The molecule has 11 heteroatoms.